The molecule has 0 aromatic heterocycles. The largest absolute Gasteiger partial charge is 0.352 e. The second kappa shape index (κ2) is 8.87. The minimum Gasteiger partial charge on any atom is -0.352 e. The fourth-order valence-electron chi connectivity index (χ4n) is 3.48. The third kappa shape index (κ3) is 4.99. The van der Waals surface area contributed by atoms with Crippen molar-refractivity contribution in [1.29, 1.82) is 0 Å². The molecule has 3 rings (SSSR count). The molecular weight excluding hydrogens is 402 g/mol. The van der Waals surface area contributed by atoms with Crippen molar-refractivity contribution in [2.24, 2.45) is 0 Å². The molecule has 0 aliphatic carbocycles. The third-order valence-electron chi connectivity index (χ3n) is 4.94. The van der Waals surface area contributed by atoms with E-state index in [0.717, 1.165) is 12.0 Å². The number of hydrogen-bond acceptors (Lipinski definition) is 4. The highest BCUT2D eigenvalue weighted by Gasteiger charge is 2.34. The zero-order valence-electron chi connectivity index (χ0n) is 17.4. The molecule has 1 fully saturated rings. The van der Waals surface area contributed by atoms with Gasteiger partial charge in [0.25, 0.3) is 15.9 Å². The Morgan fingerprint density at radius 1 is 1.10 bits per heavy atom. The molecule has 0 bridgehead atoms. The number of hydrogen-bond donors (Lipinski definition) is 2. The maximum absolute atomic E-state index is 13.0. The topological polar surface area (TPSA) is 95.6 Å². The van der Waals surface area contributed by atoms with Gasteiger partial charge in [-0.25, -0.2) is 8.42 Å². The Bertz CT molecular complexity index is 1030. The Morgan fingerprint density at radius 3 is 2.47 bits per heavy atom. The highest BCUT2D eigenvalue weighted by atomic mass is 32.2. The number of carbonyl (C=O) groups excluding carboxylic acids is 2. The number of amides is 2. The Labute approximate surface area is 177 Å². The summed E-state index contributed by atoms with van der Waals surface area (Å²) in [5.74, 6) is -0.445. The van der Waals surface area contributed by atoms with Crippen LogP contribution in [0, 0.1) is 6.92 Å². The van der Waals surface area contributed by atoms with Crippen LogP contribution in [-0.2, 0) is 14.8 Å². The molecule has 1 heterocycles. The number of nitrogens with one attached hydrogen (secondary N) is 2. The predicted octanol–water partition coefficient (Wildman–Crippen LogP) is 2.93. The minimum absolute atomic E-state index is 0.00504. The lowest BCUT2D eigenvalue weighted by Crippen LogP contribution is -2.47. The number of aryl methyl sites for hydroxylation is 1. The van der Waals surface area contributed by atoms with E-state index in [9.17, 15) is 18.0 Å². The van der Waals surface area contributed by atoms with Crippen LogP contribution < -0.4 is 10.0 Å². The molecule has 1 aliphatic heterocycles. The molecule has 0 radical (unpaired) electrons. The molecule has 7 nitrogen and oxygen atoms in total. The smallest absolute Gasteiger partial charge is 0.261 e. The lowest BCUT2D eigenvalue weighted by atomic mass is 10.1. The van der Waals surface area contributed by atoms with Gasteiger partial charge in [0.1, 0.15) is 6.04 Å². The van der Waals surface area contributed by atoms with E-state index in [4.69, 9.17) is 0 Å². The van der Waals surface area contributed by atoms with E-state index < -0.39 is 16.1 Å². The number of benzene rings is 2. The fourth-order valence-corrected chi connectivity index (χ4v) is 4.53. The highest BCUT2D eigenvalue weighted by Crippen LogP contribution is 2.23. The average molecular weight is 430 g/mol. The van der Waals surface area contributed by atoms with Gasteiger partial charge in [-0.3, -0.25) is 14.3 Å². The summed E-state index contributed by atoms with van der Waals surface area (Å²) >= 11 is 0. The van der Waals surface area contributed by atoms with E-state index in [1.807, 2.05) is 20.8 Å². The molecule has 0 unspecified atom stereocenters. The van der Waals surface area contributed by atoms with Gasteiger partial charge >= 0.3 is 0 Å². The van der Waals surface area contributed by atoms with Gasteiger partial charge in [-0.1, -0.05) is 23.8 Å². The van der Waals surface area contributed by atoms with Crippen molar-refractivity contribution in [2.75, 3.05) is 11.3 Å². The number of likely N-dealkylation sites (tertiary alicyclic amines) is 1. The Balaban J connectivity index is 1.78. The predicted molar refractivity (Wildman–Crippen MR) is 116 cm³/mol. The molecule has 2 aromatic rings. The quantitative estimate of drug-likeness (QED) is 0.738. The van der Waals surface area contributed by atoms with Gasteiger partial charge in [-0.2, -0.15) is 0 Å². The summed E-state index contributed by atoms with van der Waals surface area (Å²) in [5, 5.41) is 2.86. The van der Waals surface area contributed by atoms with E-state index in [0.29, 0.717) is 24.2 Å². The van der Waals surface area contributed by atoms with Crippen molar-refractivity contribution in [3.63, 3.8) is 0 Å². The van der Waals surface area contributed by atoms with Gasteiger partial charge in [0.2, 0.25) is 5.91 Å². The summed E-state index contributed by atoms with van der Waals surface area (Å²) in [5.41, 5.74) is 1.59. The molecule has 2 N–H and O–H groups in total. The molecule has 1 atom stereocenters. The van der Waals surface area contributed by atoms with E-state index in [1.165, 1.54) is 18.2 Å². The first kappa shape index (κ1) is 21.8. The zero-order valence-corrected chi connectivity index (χ0v) is 18.2. The maximum atomic E-state index is 13.0. The van der Waals surface area contributed by atoms with Crippen LogP contribution in [0.4, 0.5) is 5.69 Å². The normalized spacial score (nSPS) is 16.5. The SMILES string of the molecule is Cc1ccc(S(=O)(=O)Nc2cccc(C(=O)N3CCC[C@H]3C(=O)NC(C)C)c2)cc1. The molecule has 1 aliphatic rings. The van der Waals surface area contributed by atoms with Crippen molar-refractivity contribution < 1.29 is 18.0 Å². The number of nitrogens with zero attached hydrogens (tertiary/aromatic N) is 1. The molecule has 1 saturated heterocycles. The number of anilines is 1. The van der Waals surface area contributed by atoms with Crippen LogP contribution in [0.2, 0.25) is 0 Å². The van der Waals surface area contributed by atoms with Crippen LogP contribution in [0.15, 0.2) is 53.4 Å². The van der Waals surface area contributed by atoms with Gasteiger partial charge in [0.15, 0.2) is 0 Å². The molecule has 2 amide bonds. The Kier molecular flexibility index (Phi) is 6.45. The van der Waals surface area contributed by atoms with Gasteiger partial charge in [0.05, 0.1) is 4.90 Å². The van der Waals surface area contributed by atoms with Crippen molar-refractivity contribution >= 4 is 27.5 Å². The van der Waals surface area contributed by atoms with Gasteiger partial charge in [0, 0.05) is 23.8 Å². The molecule has 2 aromatic carbocycles. The summed E-state index contributed by atoms with van der Waals surface area (Å²) in [6, 6.07) is 12.4. The summed E-state index contributed by atoms with van der Waals surface area (Å²) in [7, 11) is -3.77. The Hall–Kier alpha value is -2.87. The lowest BCUT2D eigenvalue weighted by Gasteiger charge is -2.25. The molecule has 8 heteroatoms. The first-order valence-corrected chi connectivity index (χ1v) is 11.5. The third-order valence-corrected chi connectivity index (χ3v) is 6.34. The number of sulfonamides is 1. The van der Waals surface area contributed by atoms with Crippen LogP contribution in [0.3, 0.4) is 0 Å². The van der Waals surface area contributed by atoms with Gasteiger partial charge in [-0.15, -0.1) is 0 Å². The molecular formula is C22H27N3O4S. The monoisotopic (exact) mass is 429 g/mol. The van der Waals surface area contributed by atoms with Crippen LogP contribution in [-0.4, -0.2) is 43.8 Å². The Morgan fingerprint density at radius 2 is 1.80 bits per heavy atom. The van der Waals surface area contributed by atoms with E-state index >= 15 is 0 Å². The fraction of sp³-hybridized carbons (Fsp3) is 0.364. The van der Waals surface area contributed by atoms with E-state index in [2.05, 4.69) is 10.0 Å². The second-order valence-electron chi connectivity index (χ2n) is 7.82. The number of rotatable bonds is 6. The van der Waals surface area contributed by atoms with Crippen LogP contribution in [0.1, 0.15) is 42.6 Å². The van der Waals surface area contributed by atoms with Crippen LogP contribution in [0.25, 0.3) is 0 Å². The zero-order chi connectivity index (χ0) is 21.9. The molecule has 0 spiro atoms. The van der Waals surface area contributed by atoms with E-state index in [1.54, 1.807) is 35.2 Å². The molecule has 160 valence electrons. The lowest BCUT2D eigenvalue weighted by molar-refractivity contribution is -0.125. The maximum Gasteiger partial charge on any atom is 0.261 e. The van der Waals surface area contributed by atoms with Crippen molar-refractivity contribution in [1.82, 2.24) is 10.2 Å². The van der Waals surface area contributed by atoms with Gasteiger partial charge < -0.3 is 10.2 Å². The van der Waals surface area contributed by atoms with E-state index in [-0.39, 0.29) is 22.8 Å². The second-order valence-corrected chi connectivity index (χ2v) is 9.50. The highest BCUT2D eigenvalue weighted by molar-refractivity contribution is 7.92. The average Bonchev–Trinajstić information content (AvgIpc) is 3.17. The summed E-state index contributed by atoms with van der Waals surface area (Å²) in [4.78, 5) is 27.2. The van der Waals surface area contributed by atoms with Crippen molar-refractivity contribution in [2.45, 2.75) is 50.6 Å². The standard InChI is InChI=1S/C22H27N3O4S/c1-15(2)23-21(26)20-8-5-13-25(20)22(27)17-6-4-7-18(14-17)24-30(28,29)19-11-9-16(3)10-12-19/h4,6-7,9-12,14-15,20,24H,5,8,13H2,1-3H3,(H,23,26)/t20-/m0/s1. The molecule has 30 heavy (non-hydrogen) atoms. The summed E-state index contributed by atoms with van der Waals surface area (Å²) < 4.78 is 27.8. The summed E-state index contributed by atoms with van der Waals surface area (Å²) in [6.45, 7) is 6.13. The molecule has 0 saturated carbocycles. The first-order chi connectivity index (χ1) is 14.2. The first-order valence-electron chi connectivity index (χ1n) is 9.98. The summed E-state index contributed by atoms with van der Waals surface area (Å²) in [6.07, 6.45) is 1.37. The van der Waals surface area contributed by atoms with Crippen molar-refractivity contribution in [3.05, 3.63) is 59.7 Å². The van der Waals surface area contributed by atoms with Crippen LogP contribution in [0.5, 0.6) is 0 Å². The van der Waals surface area contributed by atoms with Crippen LogP contribution >= 0.6 is 0 Å². The van der Waals surface area contributed by atoms with Gasteiger partial charge in [-0.05, 0) is 63.9 Å². The number of carbonyl (C=O) groups is 2. The van der Waals surface area contributed by atoms with Crippen molar-refractivity contribution in [3.8, 4) is 0 Å². The minimum atomic E-state index is -3.77.